The van der Waals surface area contributed by atoms with E-state index in [-0.39, 0.29) is 9.76 Å². The van der Waals surface area contributed by atoms with E-state index in [1.54, 1.807) is 0 Å². The lowest BCUT2D eigenvalue weighted by Gasteiger charge is -2.04. The molecule has 1 aromatic carbocycles. The molecule has 0 spiro atoms. The first-order valence-corrected chi connectivity index (χ1v) is 6.04. The van der Waals surface area contributed by atoms with Gasteiger partial charge >= 0.3 is 0 Å². The molecule has 0 saturated carbocycles. The summed E-state index contributed by atoms with van der Waals surface area (Å²) in [5.41, 5.74) is 1.47. The predicted octanol–water partition coefficient (Wildman–Crippen LogP) is -0.745. The van der Waals surface area contributed by atoms with Crippen LogP contribution >= 0.6 is 0 Å². The standard InChI is InChI=1S/C8H14OSi2/c1-2-7-5-3-4-6-8(7)11-9-10/h3-6H,2,11H2,1,10H3. The summed E-state index contributed by atoms with van der Waals surface area (Å²) >= 11 is 0. The predicted molar refractivity (Wildman–Crippen MR) is 55.0 cm³/mol. The van der Waals surface area contributed by atoms with Crippen LogP contribution in [0.4, 0.5) is 0 Å². The van der Waals surface area contributed by atoms with Gasteiger partial charge in [-0.25, -0.2) is 0 Å². The van der Waals surface area contributed by atoms with Crippen molar-refractivity contribution < 1.29 is 4.12 Å². The van der Waals surface area contributed by atoms with Crippen molar-refractivity contribution >= 4 is 25.4 Å². The van der Waals surface area contributed by atoms with Gasteiger partial charge < -0.3 is 4.12 Å². The number of hydrogen-bond donors (Lipinski definition) is 0. The third kappa shape index (κ3) is 2.29. The van der Waals surface area contributed by atoms with Crippen molar-refractivity contribution in [2.45, 2.75) is 13.3 Å². The van der Waals surface area contributed by atoms with Gasteiger partial charge in [0, 0.05) is 0 Å². The SMILES string of the molecule is CCc1ccccc1[SiH2]O[SiH3]. The number of aryl methyl sites for hydroxylation is 1. The Morgan fingerprint density at radius 3 is 2.82 bits per heavy atom. The van der Waals surface area contributed by atoms with E-state index >= 15 is 0 Å². The molecule has 0 aliphatic carbocycles. The Balaban J connectivity index is 2.83. The smallest absolute Gasteiger partial charge is 0.178 e. The average molecular weight is 182 g/mol. The van der Waals surface area contributed by atoms with Crippen molar-refractivity contribution in [3.63, 3.8) is 0 Å². The van der Waals surface area contributed by atoms with Gasteiger partial charge in [0.1, 0.15) is 10.5 Å². The fourth-order valence-electron chi connectivity index (χ4n) is 1.20. The van der Waals surface area contributed by atoms with E-state index in [9.17, 15) is 0 Å². The maximum Gasteiger partial charge on any atom is 0.178 e. The summed E-state index contributed by atoms with van der Waals surface area (Å²) in [4.78, 5) is 0. The number of benzene rings is 1. The van der Waals surface area contributed by atoms with Crippen molar-refractivity contribution in [1.82, 2.24) is 0 Å². The fourth-order valence-corrected chi connectivity index (χ4v) is 3.23. The van der Waals surface area contributed by atoms with Crippen LogP contribution in [0.2, 0.25) is 0 Å². The van der Waals surface area contributed by atoms with Crippen molar-refractivity contribution in [3.05, 3.63) is 29.8 Å². The van der Waals surface area contributed by atoms with E-state index in [0.717, 1.165) is 16.9 Å². The van der Waals surface area contributed by atoms with Crippen LogP contribution in [-0.2, 0) is 10.5 Å². The quantitative estimate of drug-likeness (QED) is 0.559. The van der Waals surface area contributed by atoms with Crippen molar-refractivity contribution in [3.8, 4) is 0 Å². The third-order valence-electron chi connectivity index (χ3n) is 1.80. The molecule has 0 aliphatic rings. The first-order valence-electron chi connectivity index (χ1n) is 3.94. The summed E-state index contributed by atoms with van der Waals surface area (Å²) in [6.45, 7) is 2.19. The molecule has 0 atom stereocenters. The summed E-state index contributed by atoms with van der Waals surface area (Å²) in [7, 11) is 0.507. The second-order valence-electron chi connectivity index (χ2n) is 2.56. The van der Waals surface area contributed by atoms with Gasteiger partial charge in [0.05, 0.1) is 0 Å². The molecule has 0 radical (unpaired) electrons. The van der Waals surface area contributed by atoms with Crippen LogP contribution in [-0.4, -0.2) is 20.2 Å². The summed E-state index contributed by atoms with van der Waals surface area (Å²) in [5.74, 6) is 0. The molecule has 0 saturated heterocycles. The van der Waals surface area contributed by atoms with E-state index in [1.165, 1.54) is 10.8 Å². The zero-order valence-electron chi connectivity index (χ0n) is 7.13. The minimum absolute atomic E-state index is 0.379. The molecule has 1 rings (SSSR count). The van der Waals surface area contributed by atoms with E-state index in [0.29, 0.717) is 0 Å². The highest BCUT2D eigenvalue weighted by molar-refractivity contribution is 6.51. The van der Waals surface area contributed by atoms with Gasteiger partial charge in [0.15, 0.2) is 9.76 Å². The van der Waals surface area contributed by atoms with Crippen LogP contribution in [0.15, 0.2) is 24.3 Å². The van der Waals surface area contributed by atoms with Crippen molar-refractivity contribution in [1.29, 1.82) is 0 Å². The van der Waals surface area contributed by atoms with Gasteiger partial charge in [-0.2, -0.15) is 0 Å². The summed E-state index contributed by atoms with van der Waals surface area (Å²) < 4.78 is 5.35. The maximum absolute atomic E-state index is 5.35. The lowest BCUT2D eigenvalue weighted by atomic mass is 10.2. The molecular formula is C8H14OSi2. The van der Waals surface area contributed by atoms with Crippen molar-refractivity contribution in [2.75, 3.05) is 0 Å². The minimum atomic E-state index is -0.379. The summed E-state index contributed by atoms with van der Waals surface area (Å²) in [5, 5.41) is 1.48. The first-order chi connectivity index (χ1) is 5.38. The van der Waals surface area contributed by atoms with Gasteiger partial charge in [-0.05, 0) is 17.2 Å². The monoisotopic (exact) mass is 182 g/mol. The molecule has 0 bridgehead atoms. The fraction of sp³-hybridized carbons (Fsp3) is 0.250. The Bertz CT molecular complexity index is 225. The molecule has 0 fully saturated rings. The molecule has 1 nitrogen and oxygen atoms in total. The lowest BCUT2D eigenvalue weighted by molar-refractivity contribution is 0.676. The Morgan fingerprint density at radius 2 is 2.18 bits per heavy atom. The third-order valence-corrected chi connectivity index (χ3v) is 3.95. The molecule has 1 aromatic rings. The molecule has 60 valence electrons. The minimum Gasteiger partial charge on any atom is -0.465 e. The van der Waals surface area contributed by atoms with Gasteiger partial charge in [0.25, 0.3) is 0 Å². The normalized spacial score (nSPS) is 11.4. The van der Waals surface area contributed by atoms with E-state index < -0.39 is 0 Å². The van der Waals surface area contributed by atoms with Gasteiger partial charge in [-0.15, -0.1) is 0 Å². The Kier molecular flexibility index (Phi) is 3.55. The maximum atomic E-state index is 5.35. The van der Waals surface area contributed by atoms with Crippen LogP contribution in [0.3, 0.4) is 0 Å². The highest BCUT2D eigenvalue weighted by Crippen LogP contribution is 1.95. The molecule has 0 N–H and O–H groups in total. The molecule has 3 heteroatoms. The summed E-state index contributed by atoms with van der Waals surface area (Å²) in [6.07, 6.45) is 1.13. The lowest BCUT2D eigenvalue weighted by Crippen LogP contribution is -2.20. The second-order valence-corrected chi connectivity index (χ2v) is 5.92. The van der Waals surface area contributed by atoms with Gasteiger partial charge in [0.2, 0.25) is 0 Å². The Hall–Kier alpha value is -0.386. The van der Waals surface area contributed by atoms with Crippen LogP contribution < -0.4 is 5.19 Å². The average Bonchev–Trinajstić information content (AvgIpc) is 2.06. The van der Waals surface area contributed by atoms with Crippen LogP contribution in [0.25, 0.3) is 0 Å². The number of hydrogen-bond acceptors (Lipinski definition) is 1. The molecule has 0 aliphatic heterocycles. The highest BCUT2D eigenvalue weighted by Gasteiger charge is 1.97. The van der Waals surface area contributed by atoms with E-state index in [1.807, 2.05) is 0 Å². The molecule has 0 heterocycles. The molecular weight excluding hydrogens is 168 g/mol. The Labute approximate surface area is 73.3 Å². The first kappa shape index (κ1) is 8.71. The highest BCUT2D eigenvalue weighted by atomic mass is 28.3. The zero-order valence-corrected chi connectivity index (χ0v) is 10.5. The van der Waals surface area contributed by atoms with E-state index in [4.69, 9.17) is 4.12 Å². The topological polar surface area (TPSA) is 9.23 Å². The largest absolute Gasteiger partial charge is 0.465 e. The van der Waals surface area contributed by atoms with Crippen LogP contribution in [0, 0.1) is 0 Å². The van der Waals surface area contributed by atoms with Crippen LogP contribution in [0.1, 0.15) is 12.5 Å². The molecule has 11 heavy (non-hydrogen) atoms. The molecule has 0 unspecified atom stereocenters. The number of rotatable bonds is 3. The van der Waals surface area contributed by atoms with Gasteiger partial charge in [-0.1, -0.05) is 31.2 Å². The van der Waals surface area contributed by atoms with Crippen LogP contribution in [0.5, 0.6) is 0 Å². The molecule has 0 aromatic heterocycles. The second kappa shape index (κ2) is 4.48. The Morgan fingerprint density at radius 1 is 1.45 bits per heavy atom. The van der Waals surface area contributed by atoms with Crippen molar-refractivity contribution in [2.24, 2.45) is 0 Å². The van der Waals surface area contributed by atoms with Gasteiger partial charge in [-0.3, -0.25) is 0 Å². The summed E-state index contributed by atoms with van der Waals surface area (Å²) in [6, 6.07) is 8.59. The molecule has 0 amide bonds. The zero-order chi connectivity index (χ0) is 8.10. The van der Waals surface area contributed by atoms with E-state index in [2.05, 4.69) is 31.2 Å².